The van der Waals surface area contributed by atoms with Crippen molar-refractivity contribution >= 4 is 17.5 Å². The van der Waals surface area contributed by atoms with E-state index in [-0.39, 0.29) is 11.4 Å². The van der Waals surface area contributed by atoms with Crippen molar-refractivity contribution in [2.24, 2.45) is 17.8 Å². The van der Waals surface area contributed by atoms with Gasteiger partial charge in [0.15, 0.2) is 0 Å². The van der Waals surface area contributed by atoms with Crippen LogP contribution in [0.2, 0.25) is 5.02 Å². The summed E-state index contributed by atoms with van der Waals surface area (Å²) in [7, 11) is 0. The molecule has 0 atom stereocenters. The minimum absolute atomic E-state index is 0.0158. The summed E-state index contributed by atoms with van der Waals surface area (Å²) in [5.41, 5.74) is 6.43. The number of amides is 1. The first-order valence-electron chi connectivity index (χ1n) is 12.7. The van der Waals surface area contributed by atoms with Crippen molar-refractivity contribution in [2.45, 2.75) is 64.5 Å². The first kappa shape index (κ1) is 22.0. The fraction of sp³-hybridized carbons (Fsp3) is 0.433. The van der Waals surface area contributed by atoms with Crippen molar-refractivity contribution in [1.29, 1.82) is 0 Å². The second kappa shape index (κ2) is 8.30. The minimum Gasteiger partial charge on any atom is -0.347 e. The summed E-state index contributed by atoms with van der Waals surface area (Å²) in [4.78, 5) is 13.6. The zero-order valence-electron chi connectivity index (χ0n) is 20.1. The van der Waals surface area contributed by atoms with Crippen LogP contribution in [0.4, 0.5) is 0 Å². The molecule has 3 aromatic rings. The predicted octanol–water partition coefficient (Wildman–Crippen LogP) is 7.17. The first-order valence-corrected chi connectivity index (χ1v) is 13.1. The largest absolute Gasteiger partial charge is 0.347 e. The Hall–Kier alpha value is -2.52. The molecule has 4 saturated carbocycles. The molecule has 7 rings (SSSR count). The lowest BCUT2D eigenvalue weighted by Crippen LogP contribution is -2.59. The van der Waals surface area contributed by atoms with E-state index in [1.165, 1.54) is 49.7 Å². The molecular formula is C30H33ClN2O. The highest BCUT2D eigenvalue weighted by Gasteiger charge is 2.51. The second-order valence-corrected chi connectivity index (χ2v) is 11.8. The quantitative estimate of drug-likeness (QED) is 0.419. The minimum atomic E-state index is 0.0158. The van der Waals surface area contributed by atoms with E-state index in [1.807, 2.05) is 19.2 Å². The lowest BCUT2D eigenvalue weighted by molar-refractivity contribution is -0.0167. The number of aryl methyl sites for hydroxylation is 2. The van der Waals surface area contributed by atoms with Gasteiger partial charge in [-0.15, -0.1) is 0 Å². The molecule has 1 amide bonds. The molecule has 1 N–H and O–H groups in total. The van der Waals surface area contributed by atoms with E-state index in [2.05, 4.69) is 59.3 Å². The van der Waals surface area contributed by atoms with Gasteiger partial charge in [-0.25, -0.2) is 0 Å². The van der Waals surface area contributed by atoms with E-state index < -0.39 is 0 Å². The Morgan fingerprint density at radius 3 is 2.24 bits per heavy atom. The maximum absolute atomic E-state index is 13.6. The molecule has 3 nitrogen and oxygen atoms in total. The molecule has 4 bridgehead atoms. The number of halogens is 1. The van der Waals surface area contributed by atoms with Gasteiger partial charge >= 0.3 is 0 Å². The molecular weight excluding hydrogens is 440 g/mol. The summed E-state index contributed by atoms with van der Waals surface area (Å²) < 4.78 is 2.21. The molecule has 0 saturated heterocycles. The van der Waals surface area contributed by atoms with Gasteiger partial charge in [-0.2, -0.15) is 0 Å². The zero-order valence-corrected chi connectivity index (χ0v) is 20.9. The molecule has 4 fully saturated rings. The number of hydrogen-bond donors (Lipinski definition) is 1. The Bertz CT molecular complexity index is 1200. The van der Waals surface area contributed by atoms with Gasteiger partial charge in [0, 0.05) is 29.0 Å². The standard InChI is InChI=1S/C30H33ClN2O/c1-19-3-5-21(6-4-19)17-33-18-26(13-28(33)25-7-8-27(31)20(2)9-25)29(34)32-30-14-22-10-23(15-30)12-24(11-22)16-30/h3-9,13,18,22-24H,10-12,14-17H2,1-2H3,(H,32,34). The van der Waals surface area contributed by atoms with Crippen LogP contribution in [0.3, 0.4) is 0 Å². The number of nitrogens with one attached hydrogen (secondary N) is 1. The summed E-state index contributed by atoms with van der Waals surface area (Å²) in [5.74, 6) is 2.51. The highest BCUT2D eigenvalue weighted by atomic mass is 35.5. The van der Waals surface area contributed by atoms with Crippen LogP contribution in [0.5, 0.6) is 0 Å². The van der Waals surface area contributed by atoms with Gasteiger partial charge in [-0.1, -0.05) is 47.5 Å². The summed E-state index contributed by atoms with van der Waals surface area (Å²) in [6.07, 6.45) is 9.66. The van der Waals surface area contributed by atoms with Crippen LogP contribution in [-0.4, -0.2) is 16.0 Å². The number of benzene rings is 2. The van der Waals surface area contributed by atoms with Crippen molar-refractivity contribution in [3.63, 3.8) is 0 Å². The Morgan fingerprint density at radius 1 is 0.971 bits per heavy atom. The first-order chi connectivity index (χ1) is 16.4. The third kappa shape index (κ3) is 4.09. The van der Waals surface area contributed by atoms with Gasteiger partial charge in [0.2, 0.25) is 0 Å². The summed E-state index contributed by atoms with van der Waals surface area (Å²) in [5, 5.41) is 4.32. The molecule has 176 valence electrons. The van der Waals surface area contributed by atoms with Gasteiger partial charge in [0.05, 0.1) is 5.56 Å². The third-order valence-electron chi connectivity index (χ3n) is 8.50. The second-order valence-electron chi connectivity index (χ2n) is 11.3. The third-order valence-corrected chi connectivity index (χ3v) is 8.93. The smallest absolute Gasteiger partial charge is 0.253 e. The summed E-state index contributed by atoms with van der Waals surface area (Å²) in [6.45, 7) is 4.86. The van der Waals surface area contributed by atoms with E-state index in [1.54, 1.807) is 0 Å². The fourth-order valence-electron chi connectivity index (χ4n) is 7.28. The number of rotatable bonds is 5. The number of carbonyl (C=O) groups excluding carboxylic acids is 1. The van der Waals surface area contributed by atoms with E-state index in [4.69, 9.17) is 11.6 Å². The van der Waals surface area contributed by atoms with Crippen molar-refractivity contribution in [3.05, 3.63) is 82.0 Å². The molecule has 0 spiro atoms. The molecule has 0 unspecified atom stereocenters. The molecule has 4 aliphatic rings. The van der Waals surface area contributed by atoms with E-state index in [0.29, 0.717) is 0 Å². The van der Waals surface area contributed by atoms with Crippen LogP contribution in [0, 0.1) is 31.6 Å². The average molecular weight is 473 g/mol. The van der Waals surface area contributed by atoms with Crippen LogP contribution in [0.15, 0.2) is 54.7 Å². The Kier molecular flexibility index (Phi) is 5.37. The molecule has 2 aromatic carbocycles. The normalized spacial score (nSPS) is 27.2. The SMILES string of the molecule is Cc1ccc(Cn2cc(C(=O)NC34CC5CC(CC(C5)C3)C4)cc2-c2ccc(Cl)c(C)c2)cc1. The van der Waals surface area contributed by atoms with Crippen molar-refractivity contribution in [3.8, 4) is 11.3 Å². The van der Waals surface area contributed by atoms with E-state index >= 15 is 0 Å². The predicted molar refractivity (Wildman–Crippen MR) is 138 cm³/mol. The van der Waals surface area contributed by atoms with E-state index in [0.717, 1.165) is 51.7 Å². The maximum atomic E-state index is 13.6. The fourth-order valence-corrected chi connectivity index (χ4v) is 7.40. The van der Waals surface area contributed by atoms with Crippen LogP contribution >= 0.6 is 11.6 Å². The van der Waals surface area contributed by atoms with Crippen LogP contribution in [-0.2, 0) is 6.54 Å². The van der Waals surface area contributed by atoms with Gasteiger partial charge in [-0.05, 0) is 105 Å². The number of nitrogens with zero attached hydrogens (tertiary/aromatic N) is 1. The molecule has 0 aliphatic heterocycles. The molecule has 1 heterocycles. The monoisotopic (exact) mass is 472 g/mol. The van der Waals surface area contributed by atoms with Gasteiger partial charge in [0.1, 0.15) is 0 Å². The highest BCUT2D eigenvalue weighted by Crippen LogP contribution is 2.55. The number of aromatic nitrogens is 1. The van der Waals surface area contributed by atoms with Gasteiger partial charge in [-0.3, -0.25) is 4.79 Å². The topological polar surface area (TPSA) is 34.0 Å². The van der Waals surface area contributed by atoms with Crippen molar-refractivity contribution in [2.75, 3.05) is 0 Å². The molecule has 34 heavy (non-hydrogen) atoms. The zero-order chi connectivity index (χ0) is 23.4. The highest BCUT2D eigenvalue weighted by molar-refractivity contribution is 6.31. The molecule has 4 heteroatoms. The summed E-state index contributed by atoms with van der Waals surface area (Å²) in [6, 6.07) is 16.8. The number of hydrogen-bond acceptors (Lipinski definition) is 1. The Balaban J connectivity index is 1.32. The molecule has 1 aromatic heterocycles. The molecule has 4 aliphatic carbocycles. The Labute approximate surface area is 207 Å². The van der Waals surface area contributed by atoms with E-state index in [9.17, 15) is 4.79 Å². The lowest BCUT2D eigenvalue weighted by atomic mass is 9.53. The van der Waals surface area contributed by atoms with Crippen LogP contribution in [0.1, 0.15) is 65.6 Å². The molecule has 0 radical (unpaired) electrons. The Morgan fingerprint density at radius 2 is 1.62 bits per heavy atom. The number of carbonyl (C=O) groups is 1. The van der Waals surface area contributed by atoms with Crippen LogP contribution < -0.4 is 5.32 Å². The average Bonchev–Trinajstić information content (AvgIpc) is 3.20. The lowest BCUT2D eigenvalue weighted by Gasteiger charge is -2.56. The summed E-state index contributed by atoms with van der Waals surface area (Å²) >= 11 is 6.31. The van der Waals surface area contributed by atoms with Gasteiger partial charge in [0.25, 0.3) is 5.91 Å². The van der Waals surface area contributed by atoms with Crippen molar-refractivity contribution in [1.82, 2.24) is 9.88 Å². The van der Waals surface area contributed by atoms with Crippen molar-refractivity contribution < 1.29 is 4.79 Å². The van der Waals surface area contributed by atoms with Gasteiger partial charge < -0.3 is 9.88 Å². The van der Waals surface area contributed by atoms with Crippen LogP contribution in [0.25, 0.3) is 11.3 Å². The maximum Gasteiger partial charge on any atom is 0.253 e.